The van der Waals surface area contributed by atoms with Gasteiger partial charge in [-0.2, -0.15) is 0 Å². The van der Waals surface area contributed by atoms with Gasteiger partial charge in [0.2, 0.25) is 5.91 Å². The zero-order chi connectivity index (χ0) is 11.8. The molecular formula is C11H15NO3. The predicted octanol–water partition coefficient (Wildman–Crippen LogP) is 2.37. The molecule has 0 aliphatic heterocycles. The first kappa shape index (κ1) is 13.2. The number of hydrogen-bond donors (Lipinski definition) is 2. The Kier molecular flexibility index (Phi) is 5.78. The molecule has 2 N–H and O–H groups in total. The van der Waals surface area contributed by atoms with Crippen molar-refractivity contribution < 1.29 is 14.7 Å². The Morgan fingerprint density at radius 3 is 2.33 bits per heavy atom. The molecule has 0 fully saturated rings. The van der Waals surface area contributed by atoms with E-state index in [0.717, 1.165) is 0 Å². The van der Waals surface area contributed by atoms with Crippen molar-refractivity contribution in [3.8, 4) is 0 Å². The van der Waals surface area contributed by atoms with Gasteiger partial charge in [0, 0.05) is 12.6 Å². The highest BCUT2D eigenvalue weighted by molar-refractivity contribution is 5.92. The molecule has 0 heterocycles. The monoisotopic (exact) mass is 209 g/mol. The highest BCUT2D eigenvalue weighted by Crippen LogP contribution is 2.10. The maximum absolute atomic E-state index is 10.6. The smallest absolute Gasteiger partial charge is 0.335 e. The number of amides is 1. The number of aromatic carboxylic acids is 1. The van der Waals surface area contributed by atoms with Crippen LogP contribution in [0.3, 0.4) is 0 Å². The van der Waals surface area contributed by atoms with Crippen LogP contribution in [0.1, 0.15) is 31.1 Å². The van der Waals surface area contributed by atoms with Crippen molar-refractivity contribution in [2.75, 3.05) is 5.32 Å². The molecular weight excluding hydrogens is 194 g/mol. The molecule has 1 amide bonds. The molecule has 1 aromatic carbocycles. The van der Waals surface area contributed by atoms with Crippen LogP contribution in [0.4, 0.5) is 5.69 Å². The molecule has 0 unspecified atom stereocenters. The largest absolute Gasteiger partial charge is 0.478 e. The van der Waals surface area contributed by atoms with E-state index in [0.29, 0.717) is 5.69 Å². The number of carboxylic acid groups (broad SMARTS) is 1. The summed E-state index contributed by atoms with van der Waals surface area (Å²) in [6.45, 7) is 5.37. The normalized spacial score (nSPS) is 8.47. The molecule has 1 rings (SSSR count). The van der Waals surface area contributed by atoms with Gasteiger partial charge in [0.15, 0.2) is 0 Å². The molecule has 0 bridgehead atoms. The Bertz CT molecular complexity index is 347. The predicted molar refractivity (Wildman–Crippen MR) is 59.1 cm³/mol. The number of nitrogens with one attached hydrogen (secondary N) is 1. The molecule has 4 nitrogen and oxygen atoms in total. The molecule has 15 heavy (non-hydrogen) atoms. The van der Waals surface area contributed by atoms with E-state index in [9.17, 15) is 9.59 Å². The Hall–Kier alpha value is -1.84. The maximum Gasteiger partial charge on any atom is 0.335 e. The number of anilines is 1. The lowest BCUT2D eigenvalue weighted by atomic mass is 10.2. The van der Waals surface area contributed by atoms with Gasteiger partial charge in [0.1, 0.15) is 0 Å². The Morgan fingerprint density at radius 1 is 1.27 bits per heavy atom. The van der Waals surface area contributed by atoms with Crippen molar-refractivity contribution in [2.24, 2.45) is 0 Å². The lowest BCUT2D eigenvalue weighted by Gasteiger charge is -2.01. The quantitative estimate of drug-likeness (QED) is 0.785. The van der Waals surface area contributed by atoms with Crippen molar-refractivity contribution >= 4 is 17.6 Å². The van der Waals surface area contributed by atoms with Gasteiger partial charge in [-0.05, 0) is 18.2 Å². The second kappa shape index (κ2) is 6.59. The van der Waals surface area contributed by atoms with E-state index in [1.54, 1.807) is 12.1 Å². The minimum Gasteiger partial charge on any atom is -0.478 e. The molecule has 0 spiro atoms. The minimum atomic E-state index is -1.01. The third kappa shape index (κ3) is 4.81. The SMILES string of the molecule is CC.CC(=O)Nc1cccc(C(=O)O)c1. The van der Waals surface area contributed by atoms with E-state index in [4.69, 9.17) is 5.11 Å². The average molecular weight is 209 g/mol. The molecule has 0 radical (unpaired) electrons. The van der Waals surface area contributed by atoms with Crippen LogP contribution in [0, 0.1) is 0 Å². The van der Waals surface area contributed by atoms with E-state index in [-0.39, 0.29) is 11.5 Å². The second-order valence-corrected chi connectivity index (χ2v) is 2.57. The number of carbonyl (C=O) groups excluding carboxylic acids is 1. The summed E-state index contributed by atoms with van der Waals surface area (Å²) < 4.78 is 0. The lowest BCUT2D eigenvalue weighted by Crippen LogP contribution is -2.06. The van der Waals surface area contributed by atoms with Crippen LogP contribution in [0.2, 0.25) is 0 Å². The molecule has 0 aromatic heterocycles. The summed E-state index contributed by atoms with van der Waals surface area (Å²) >= 11 is 0. The summed E-state index contributed by atoms with van der Waals surface area (Å²) in [6.07, 6.45) is 0. The third-order valence-corrected chi connectivity index (χ3v) is 1.43. The van der Waals surface area contributed by atoms with Crippen LogP contribution in [0.25, 0.3) is 0 Å². The first-order valence-corrected chi connectivity index (χ1v) is 4.70. The van der Waals surface area contributed by atoms with Crippen LogP contribution in [0.15, 0.2) is 24.3 Å². The van der Waals surface area contributed by atoms with E-state index >= 15 is 0 Å². The third-order valence-electron chi connectivity index (χ3n) is 1.43. The minimum absolute atomic E-state index is 0.159. The fourth-order valence-corrected chi connectivity index (χ4v) is 0.933. The Morgan fingerprint density at radius 2 is 1.87 bits per heavy atom. The van der Waals surface area contributed by atoms with Crippen molar-refractivity contribution in [1.82, 2.24) is 0 Å². The number of hydrogen-bond acceptors (Lipinski definition) is 2. The molecule has 4 heteroatoms. The molecule has 0 atom stereocenters. The lowest BCUT2D eigenvalue weighted by molar-refractivity contribution is -0.114. The van der Waals surface area contributed by atoms with E-state index < -0.39 is 5.97 Å². The van der Waals surface area contributed by atoms with Crippen LogP contribution < -0.4 is 5.32 Å². The highest BCUT2D eigenvalue weighted by Gasteiger charge is 2.03. The molecule has 1 aromatic rings. The van der Waals surface area contributed by atoms with Crippen molar-refractivity contribution in [2.45, 2.75) is 20.8 Å². The Balaban J connectivity index is 0.000000921. The average Bonchev–Trinajstić information content (AvgIpc) is 2.20. The van der Waals surface area contributed by atoms with Gasteiger partial charge in [0.05, 0.1) is 5.56 Å². The number of carboxylic acids is 1. The summed E-state index contributed by atoms with van der Waals surface area (Å²) in [5, 5.41) is 11.1. The number of carbonyl (C=O) groups is 2. The fraction of sp³-hybridized carbons (Fsp3) is 0.273. The van der Waals surface area contributed by atoms with E-state index in [2.05, 4.69) is 5.32 Å². The summed E-state index contributed by atoms with van der Waals surface area (Å²) in [5.74, 6) is -1.23. The summed E-state index contributed by atoms with van der Waals surface area (Å²) in [6, 6.07) is 6.08. The molecule has 0 saturated carbocycles. The van der Waals surface area contributed by atoms with Crippen molar-refractivity contribution in [1.29, 1.82) is 0 Å². The van der Waals surface area contributed by atoms with Gasteiger partial charge in [0.25, 0.3) is 0 Å². The van der Waals surface area contributed by atoms with Gasteiger partial charge in [-0.1, -0.05) is 19.9 Å². The van der Waals surface area contributed by atoms with Crippen molar-refractivity contribution in [3.05, 3.63) is 29.8 Å². The molecule has 0 aliphatic rings. The van der Waals surface area contributed by atoms with Crippen molar-refractivity contribution in [3.63, 3.8) is 0 Å². The zero-order valence-corrected chi connectivity index (χ0v) is 9.07. The van der Waals surface area contributed by atoms with Gasteiger partial charge >= 0.3 is 5.97 Å². The maximum atomic E-state index is 10.6. The summed E-state index contributed by atoms with van der Waals surface area (Å²) in [4.78, 5) is 21.2. The first-order chi connectivity index (χ1) is 7.09. The summed E-state index contributed by atoms with van der Waals surface area (Å²) in [7, 11) is 0. The standard InChI is InChI=1S/C9H9NO3.C2H6/c1-6(11)10-8-4-2-3-7(5-8)9(12)13;1-2/h2-5H,1H3,(H,10,11)(H,12,13);1-2H3. The van der Waals surface area contributed by atoms with Crippen LogP contribution in [-0.2, 0) is 4.79 Å². The second-order valence-electron chi connectivity index (χ2n) is 2.57. The number of benzene rings is 1. The van der Waals surface area contributed by atoms with Gasteiger partial charge in [-0.3, -0.25) is 4.79 Å². The van der Waals surface area contributed by atoms with Crippen LogP contribution >= 0.6 is 0 Å². The van der Waals surface area contributed by atoms with Gasteiger partial charge in [-0.15, -0.1) is 0 Å². The van der Waals surface area contributed by atoms with E-state index in [1.807, 2.05) is 13.8 Å². The zero-order valence-electron chi connectivity index (χ0n) is 9.07. The summed E-state index contributed by atoms with van der Waals surface area (Å²) in [5.41, 5.74) is 0.652. The van der Waals surface area contributed by atoms with E-state index in [1.165, 1.54) is 19.1 Å². The van der Waals surface area contributed by atoms with Gasteiger partial charge in [-0.25, -0.2) is 4.79 Å². The van der Waals surface area contributed by atoms with Gasteiger partial charge < -0.3 is 10.4 Å². The van der Waals surface area contributed by atoms with Crippen LogP contribution in [0.5, 0.6) is 0 Å². The molecule has 0 aliphatic carbocycles. The topological polar surface area (TPSA) is 66.4 Å². The molecule has 82 valence electrons. The first-order valence-electron chi connectivity index (χ1n) is 4.70. The number of rotatable bonds is 2. The molecule has 0 saturated heterocycles. The fourth-order valence-electron chi connectivity index (χ4n) is 0.933. The highest BCUT2D eigenvalue weighted by atomic mass is 16.4. The Labute approximate surface area is 88.9 Å². The van der Waals surface area contributed by atoms with Crippen LogP contribution in [-0.4, -0.2) is 17.0 Å².